The van der Waals surface area contributed by atoms with Crippen LogP contribution >= 0.6 is 0 Å². The molecular weight excluding hydrogens is 413 g/mol. The van der Waals surface area contributed by atoms with Crippen LogP contribution in [0.15, 0.2) is 41.5 Å². The lowest BCUT2D eigenvalue weighted by atomic mass is 9.48. The minimum Gasteiger partial charge on any atom is -0.393 e. The monoisotopic (exact) mass is 444 g/mol. The molecule has 5 heteroatoms. The predicted octanol–water partition coefficient (Wildman–Crippen LogP) is 6.59. The molecule has 5 rings (SSSR count). The summed E-state index contributed by atoms with van der Waals surface area (Å²) in [6, 6.07) is 5.09. The van der Waals surface area contributed by atoms with E-state index in [2.05, 4.69) is 19.9 Å². The van der Waals surface area contributed by atoms with Gasteiger partial charge in [-0.05, 0) is 97.5 Å². The average molecular weight is 445 g/mol. The Morgan fingerprint density at radius 2 is 1.69 bits per heavy atom. The van der Waals surface area contributed by atoms with E-state index in [4.69, 9.17) is 0 Å². The highest BCUT2D eigenvalue weighted by Gasteiger charge is 2.59. The van der Waals surface area contributed by atoms with Gasteiger partial charge in [-0.1, -0.05) is 37.6 Å². The maximum atomic E-state index is 13.5. The molecule has 0 heterocycles. The van der Waals surface area contributed by atoms with E-state index in [1.807, 2.05) is 6.08 Å². The van der Waals surface area contributed by atoms with Crippen LogP contribution in [0.4, 0.5) is 13.2 Å². The third-order valence-electron chi connectivity index (χ3n) is 9.30. The zero-order chi connectivity index (χ0) is 22.9. The number of carbonyl (C=O) groups is 1. The van der Waals surface area contributed by atoms with Crippen molar-refractivity contribution in [1.82, 2.24) is 0 Å². The average Bonchev–Trinajstić information content (AvgIpc) is 2.99. The van der Waals surface area contributed by atoms with Gasteiger partial charge in [-0.2, -0.15) is 13.2 Å². The summed E-state index contributed by atoms with van der Waals surface area (Å²) in [6.07, 6.45) is 5.76. The van der Waals surface area contributed by atoms with E-state index < -0.39 is 11.7 Å². The van der Waals surface area contributed by atoms with Gasteiger partial charge in [0.05, 0.1) is 11.7 Å². The number of allylic oxidation sites excluding steroid dienone is 2. The van der Waals surface area contributed by atoms with Crippen molar-refractivity contribution < 1.29 is 23.1 Å². The van der Waals surface area contributed by atoms with Crippen LogP contribution in [0.3, 0.4) is 0 Å². The van der Waals surface area contributed by atoms with Crippen LogP contribution in [0.2, 0.25) is 0 Å². The van der Waals surface area contributed by atoms with Crippen molar-refractivity contribution in [1.29, 1.82) is 0 Å². The van der Waals surface area contributed by atoms with Crippen molar-refractivity contribution in [3.05, 3.63) is 52.6 Å². The summed E-state index contributed by atoms with van der Waals surface area (Å²) in [5, 5.41) is 10.2. The quantitative estimate of drug-likeness (QED) is 0.392. The van der Waals surface area contributed by atoms with Gasteiger partial charge in [0.2, 0.25) is 0 Å². The Hall–Kier alpha value is -1.88. The lowest BCUT2D eigenvalue weighted by molar-refractivity contribution is -0.137. The van der Waals surface area contributed by atoms with Crippen LogP contribution in [-0.2, 0) is 11.0 Å². The zero-order valence-electron chi connectivity index (χ0n) is 18.7. The standard InChI is InChI=1S/C27H31F3O2/c1-25-11-9-20(31)15-19(25)7-8-21-22(25)10-12-26(2)23(21)14-17(24(26)32)13-16-3-5-18(6-4-16)27(28,29)30/h3-7,13,20-23,31H,8-12,14-15H2,1-2H3/b17-13+/t20-,21+,22-,23-,25+,26+/m1/s1. The summed E-state index contributed by atoms with van der Waals surface area (Å²) in [7, 11) is 0. The fourth-order valence-corrected chi connectivity index (χ4v) is 7.41. The first-order valence-corrected chi connectivity index (χ1v) is 11.8. The van der Waals surface area contributed by atoms with E-state index >= 15 is 0 Å². The van der Waals surface area contributed by atoms with Crippen molar-refractivity contribution in [3.8, 4) is 0 Å². The molecule has 0 bridgehead atoms. The molecular formula is C27H31F3O2. The van der Waals surface area contributed by atoms with E-state index in [0.29, 0.717) is 23.8 Å². The maximum absolute atomic E-state index is 13.5. The number of rotatable bonds is 1. The lowest BCUT2D eigenvalue weighted by Crippen LogP contribution is -2.50. The molecule has 0 spiro atoms. The highest BCUT2D eigenvalue weighted by atomic mass is 19.4. The van der Waals surface area contributed by atoms with Crippen LogP contribution in [0.5, 0.6) is 0 Å². The van der Waals surface area contributed by atoms with Crippen LogP contribution in [0.25, 0.3) is 6.08 Å². The molecule has 1 aromatic carbocycles. The number of aliphatic hydroxyl groups excluding tert-OH is 1. The third-order valence-corrected chi connectivity index (χ3v) is 9.30. The molecule has 1 aromatic rings. The van der Waals surface area contributed by atoms with E-state index in [0.717, 1.165) is 56.2 Å². The van der Waals surface area contributed by atoms with Gasteiger partial charge in [0.25, 0.3) is 0 Å². The Morgan fingerprint density at radius 1 is 1.00 bits per heavy atom. The van der Waals surface area contributed by atoms with Gasteiger partial charge < -0.3 is 5.11 Å². The summed E-state index contributed by atoms with van der Waals surface area (Å²) in [5.74, 6) is 1.43. The summed E-state index contributed by atoms with van der Waals surface area (Å²) in [4.78, 5) is 13.5. The molecule has 4 aliphatic carbocycles. The molecule has 32 heavy (non-hydrogen) atoms. The number of Topliss-reactive ketones (excluding diaryl/α,β-unsaturated/α-hetero) is 1. The third kappa shape index (κ3) is 3.30. The number of alkyl halides is 3. The van der Waals surface area contributed by atoms with Gasteiger partial charge in [-0.25, -0.2) is 0 Å². The van der Waals surface area contributed by atoms with Crippen molar-refractivity contribution in [2.75, 3.05) is 0 Å². The van der Waals surface area contributed by atoms with E-state index in [1.165, 1.54) is 17.7 Å². The number of fused-ring (bicyclic) bond motifs is 5. The second-order valence-corrected chi connectivity index (χ2v) is 10.9. The first-order chi connectivity index (χ1) is 15.0. The van der Waals surface area contributed by atoms with Gasteiger partial charge in [0.1, 0.15) is 0 Å². The number of ketones is 1. The highest BCUT2D eigenvalue weighted by Crippen LogP contribution is 2.64. The number of carbonyl (C=O) groups excluding carboxylic acids is 1. The SMILES string of the molecule is C[C@]12CC[C@@H](O)CC1=CC[C@H]1[C@H]2CC[C@]2(C)C(=O)/C(=C/c3ccc(C(F)(F)F)cc3)C[C@H]12. The van der Waals surface area contributed by atoms with Crippen molar-refractivity contribution in [3.63, 3.8) is 0 Å². The predicted molar refractivity (Wildman–Crippen MR) is 118 cm³/mol. The van der Waals surface area contributed by atoms with Gasteiger partial charge in [0, 0.05) is 5.41 Å². The largest absolute Gasteiger partial charge is 0.416 e. The summed E-state index contributed by atoms with van der Waals surface area (Å²) >= 11 is 0. The second-order valence-electron chi connectivity index (χ2n) is 10.9. The molecule has 4 aliphatic rings. The molecule has 0 amide bonds. The molecule has 0 saturated heterocycles. The fraction of sp³-hybridized carbons (Fsp3) is 0.593. The van der Waals surface area contributed by atoms with Gasteiger partial charge in [-0.3, -0.25) is 4.79 Å². The normalized spacial score (nSPS) is 40.5. The minimum atomic E-state index is -4.36. The fourth-order valence-electron chi connectivity index (χ4n) is 7.41. The second kappa shape index (κ2) is 7.31. The van der Waals surface area contributed by atoms with Crippen molar-refractivity contribution in [2.24, 2.45) is 28.6 Å². The number of hydrogen-bond acceptors (Lipinski definition) is 2. The maximum Gasteiger partial charge on any atom is 0.416 e. The Labute approximate surface area is 187 Å². The van der Waals surface area contributed by atoms with Gasteiger partial charge >= 0.3 is 6.18 Å². The smallest absolute Gasteiger partial charge is 0.393 e. The summed E-state index contributed by atoms with van der Waals surface area (Å²) < 4.78 is 38.6. The number of benzene rings is 1. The highest BCUT2D eigenvalue weighted by molar-refractivity contribution is 6.05. The van der Waals surface area contributed by atoms with Crippen molar-refractivity contribution >= 4 is 11.9 Å². The molecule has 2 nitrogen and oxygen atoms in total. The number of hydrogen-bond donors (Lipinski definition) is 1. The lowest BCUT2D eigenvalue weighted by Gasteiger charge is -2.56. The summed E-state index contributed by atoms with van der Waals surface area (Å²) in [5.41, 5.74) is 1.89. The molecule has 1 N–H and O–H groups in total. The van der Waals surface area contributed by atoms with Gasteiger partial charge in [0.15, 0.2) is 5.78 Å². The van der Waals surface area contributed by atoms with Crippen molar-refractivity contribution in [2.45, 2.75) is 71.1 Å². The zero-order valence-corrected chi connectivity index (χ0v) is 18.7. The van der Waals surface area contributed by atoms with Crippen LogP contribution < -0.4 is 0 Å². The Kier molecular flexibility index (Phi) is 5.01. The van der Waals surface area contributed by atoms with E-state index in [9.17, 15) is 23.1 Å². The minimum absolute atomic E-state index is 0.117. The molecule has 3 saturated carbocycles. The number of aliphatic hydroxyl groups is 1. The Balaban J connectivity index is 1.43. The molecule has 0 aromatic heterocycles. The molecule has 172 valence electrons. The Morgan fingerprint density at radius 3 is 2.38 bits per heavy atom. The molecule has 0 unspecified atom stereocenters. The molecule has 3 fully saturated rings. The first-order valence-electron chi connectivity index (χ1n) is 11.8. The van der Waals surface area contributed by atoms with Gasteiger partial charge in [-0.15, -0.1) is 0 Å². The molecule has 6 atom stereocenters. The van der Waals surface area contributed by atoms with E-state index in [1.54, 1.807) is 0 Å². The summed E-state index contributed by atoms with van der Waals surface area (Å²) in [6.45, 7) is 4.47. The first kappa shape index (κ1) is 21.9. The number of halogens is 3. The van der Waals surface area contributed by atoms with Crippen LogP contribution in [-0.4, -0.2) is 17.0 Å². The van der Waals surface area contributed by atoms with Crippen LogP contribution in [0, 0.1) is 28.6 Å². The Bertz CT molecular complexity index is 989. The van der Waals surface area contributed by atoms with E-state index in [-0.39, 0.29) is 28.6 Å². The topological polar surface area (TPSA) is 37.3 Å². The molecule has 0 aliphatic heterocycles. The van der Waals surface area contributed by atoms with Crippen LogP contribution in [0.1, 0.15) is 69.9 Å². The molecule has 0 radical (unpaired) electrons.